The SMILES string of the molecule is C[C@H]1CCCNC(=O)[C@@H]1N. The Morgan fingerprint density at radius 2 is 2.40 bits per heavy atom. The van der Waals surface area contributed by atoms with E-state index in [1.807, 2.05) is 6.92 Å². The molecule has 0 radical (unpaired) electrons. The molecule has 1 heterocycles. The van der Waals surface area contributed by atoms with Gasteiger partial charge in [-0.15, -0.1) is 0 Å². The van der Waals surface area contributed by atoms with Gasteiger partial charge in [0, 0.05) is 6.54 Å². The number of carbonyl (C=O) groups excluding carboxylic acids is 1. The summed E-state index contributed by atoms with van der Waals surface area (Å²) in [7, 11) is 0. The van der Waals surface area contributed by atoms with Gasteiger partial charge in [0.25, 0.3) is 0 Å². The summed E-state index contributed by atoms with van der Waals surface area (Å²) in [5.41, 5.74) is 5.61. The van der Waals surface area contributed by atoms with Gasteiger partial charge in [0.15, 0.2) is 0 Å². The van der Waals surface area contributed by atoms with Crippen LogP contribution in [0.4, 0.5) is 0 Å². The van der Waals surface area contributed by atoms with E-state index in [4.69, 9.17) is 5.73 Å². The van der Waals surface area contributed by atoms with Crippen LogP contribution in [-0.2, 0) is 4.79 Å². The van der Waals surface area contributed by atoms with Gasteiger partial charge in [-0.2, -0.15) is 0 Å². The molecule has 10 heavy (non-hydrogen) atoms. The Hall–Kier alpha value is -0.570. The fourth-order valence-electron chi connectivity index (χ4n) is 1.19. The fraction of sp³-hybridized carbons (Fsp3) is 0.857. The average molecular weight is 142 g/mol. The van der Waals surface area contributed by atoms with Crippen molar-refractivity contribution in [2.45, 2.75) is 25.8 Å². The number of nitrogens with two attached hydrogens (primary N) is 1. The van der Waals surface area contributed by atoms with E-state index in [1.165, 1.54) is 0 Å². The smallest absolute Gasteiger partial charge is 0.237 e. The van der Waals surface area contributed by atoms with Crippen molar-refractivity contribution < 1.29 is 4.79 Å². The van der Waals surface area contributed by atoms with E-state index in [0.717, 1.165) is 19.4 Å². The molecule has 0 aromatic rings. The third kappa shape index (κ3) is 1.48. The first-order valence-corrected chi connectivity index (χ1v) is 3.75. The highest BCUT2D eigenvalue weighted by Gasteiger charge is 2.22. The lowest BCUT2D eigenvalue weighted by atomic mass is 9.99. The maximum atomic E-state index is 11.0. The van der Waals surface area contributed by atoms with E-state index in [9.17, 15) is 4.79 Å². The minimum Gasteiger partial charge on any atom is -0.355 e. The van der Waals surface area contributed by atoms with Gasteiger partial charge in [-0.3, -0.25) is 4.79 Å². The Bertz CT molecular complexity index is 136. The number of amides is 1. The molecule has 3 heteroatoms. The monoisotopic (exact) mass is 142 g/mol. The lowest BCUT2D eigenvalue weighted by Crippen LogP contribution is -2.42. The highest BCUT2D eigenvalue weighted by Crippen LogP contribution is 2.11. The molecule has 1 rings (SSSR count). The average Bonchev–Trinajstić information content (AvgIpc) is 2.04. The van der Waals surface area contributed by atoms with Crippen molar-refractivity contribution in [2.24, 2.45) is 11.7 Å². The second-order valence-corrected chi connectivity index (χ2v) is 2.94. The Morgan fingerprint density at radius 3 is 3.10 bits per heavy atom. The molecule has 1 saturated heterocycles. The van der Waals surface area contributed by atoms with Crippen molar-refractivity contribution in [3.05, 3.63) is 0 Å². The van der Waals surface area contributed by atoms with Gasteiger partial charge in [0.05, 0.1) is 6.04 Å². The molecule has 58 valence electrons. The van der Waals surface area contributed by atoms with Crippen LogP contribution < -0.4 is 11.1 Å². The quantitative estimate of drug-likeness (QED) is 0.494. The van der Waals surface area contributed by atoms with Gasteiger partial charge >= 0.3 is 0 Å². The Labute approximate surface area is 61.0 Å². The van der Waals surface area contributed by atoms with Crippen LogP contribution in [0.15, 0.2) is 0 Å². The molecular formula is C7H14N2O. The number of hydrogen-bond donors (Lipinski definition) is 2. The van der Waals surface area contributed by atoms with Crippen LogP contribution in [0.5, 0.6) is 0 Å². The van der Waals surface area contributed by atoms with E-state index >= 15 is 0 Å². The van der Waals surface area contributed by atoms with Crippen molar-refractivity contribution >= 4 is 5.91 Å². The topological polar surface area (TPSA) is 55.1 Å². The van der Waals surface area contributed by atoms with E-state index in [-0.39, 0.29) is 11.9 Å². The number of rotatable bonds is 0. The lowest BCUT2D eigenvalue weighted by Gasteiger charge is -2.13. The normalized spacial score (nSPS) is 34.8. The van der Waals surface area contributed by atoms with Crippen molar-refractivity contribution in [3.8, 4) is 0 Å². The van der Waals surface area contributed by atoms with E-state index in [1.54, 1.807) is 0 Å². The van der Waals surface area contributed by atoms with Crippen LogP contribution >= 0.6 is 0 Å². The number of nitrogens with one attached hydrogen (secondary N) is 1. The third-order valence-electron chi connectivity index (χ3n) is 2.05. The summed E-state index contributed by atoms with van der Waals surface area (Å²) in [5.74, 6) is 0.340. The van der Waals surface area contributed by atoms with Crippen LogP contribution in [0, 0.1) is 5.92 Å². The van der Waals surface area contributed by atoms with Gasteiger partial charge in [0.2, 0.25) is 5.91 Å². The summed E-state index contributed by atoms with van der Waals surface area (Å²) in [6, 6.07) is -0.289. The zero-order valence-electron chi connectivity index (χ0n) is 6.26. The standard InChI is InChI=1S/C7H14N2O/c1-5-3-2-4-9-7(10)6(5)8/h5-6H,2-4,8H2,1H3,(H,9,10)/t5-,6+/m0/s1. The molecule has 1 fully saturated rings. The Morgan fingerprint density at radius 1 is 1.70 bits per heavy atom. The van der Waals surface area contributed by atoms with Crippen molar-refractivity contribution in [2.75, 3.05) is 6.54 Å². The molecule has 1 aliphatic heterocycles. The highest BCUT2D eigenvalue weighted by atomic mass is 16.2. The van der Waals surface area contributed by atoms with Crippen LogP contribution in [0.2, 0.25) is 0 Å². The molecular weight excluding hydrogens is 128 g/mol. The Balaban J connectivity index is 2.55. The van der Waals surface area contributed by atoms with Gasteiger partial charge in [-0.1, -0.05) is 6.92 Å². The minimum absolute atomic E-state index is 0.00463. The van der Waals surface area contributed by atoms with Crippen molar-refractivity contribution in [3.63, 3.8) is 0 Å². The molecule has 2 atom stereocenters. The molecule has 0 aliphatic carbocycles. The summed E-state index contributed by atoms with van der Waals surface area (Å²) < 4.78 is 0. The molecule has 3 N–H and O–H groups in total. The maximum Gasteiger partial charge on any atom is 0.237 e. The lowest BCUT2D eigenvalue weighted by molar-refractivity contribution is -0.122. The summed E-state index contributed by atoms with van der Waals surface area (Å²) in [4.78, 5) is 11.0. The molecule has 0 aromatic heterocycles. The fourth-order valence-corrected chi connectivity index (χ4v) is 1.19. The molecule has 1 aliphatic rings. The summed E-state index contributed by atoms with van der Waals surface area (Å²) in [6.45, 7) is 2.81. The third-order valence-corrected chi connectivity index (χ3v) is 2.05. The van der Waals surface area contributed by atoms with Crippen molar-refractivity contribution in [1.29, 1.82) is 0 Å². The first-order chi connectivity index (χ1) is 4.72. The highest BCUT2D eigenvalue weighted by molar-refractivity contribution is 5.81. The summed E-state index contributed by atoms with van der Waals surface area (Å²) in [6.07, 6.45) is 2.11. The van der Waals surface area contributed by atoms with Crippen LogP contribution in [0.1, 0.15) is 19.8 Å². The summed E-state index contributed by atoms with van der Waals surface area (Å²) in [5, 5.41) is 2.76. The molecule has 0 unspecified atom stereocenters. The van der Waals surface area contributed by atoms with Crippen LogP contribution in [-0.4, -0.2) is 18.5 Å². The van der Waals surface area contributed by atoms with E-state index in [0.29, 0.717) is 5.92 Å². The zero-order chi connectivity index (χ0) is 7.56. The molecule has 0 saturated carbocycles. The summed E-state index contributed by atoms with van der Waals surface area (Å²) >= 11 is 0. The molecule has 0 aromatic carbocycles. The van der Waals surface area contributed by atoms with Crippen LogP contribution in [0.3, 0.4) is 0 Å². The second-order valence-electron chi connectivity index (χ2n) is 2.94. The maximum absolute atomic E-state index is 11.0. The Kier molecular flexibility index (Phi) is 2.27. The second kappa shape index (κ2) is 3.01. The number of carbonyl (C=O) groups is 1. The van der Waals surface area contributed by atoms with E-state index < -0.39 is 0 Å². The molecule has 0 spiro atoms. The minimum atomic E-state index is -0.289. The number of hydrogen-bond acceptors (Lipinski definition) is 2. The van der Waals surface area contributed by atoms with Crippen LogP contribution in [0.25, 0.3) is 0 Å². The molecule has 3 nitrogen and oxygen atoms in total. The van der Waals surface area contributed by atoms with Gasteiger partial charge < -0.3 is 11.1 Å². The molecule has 0 bridgehead atoms. The first-order valence-electron chi connectivity index (χ1n) is 3.75. The van der Waals surface area contributed by atoms with Gasteiger partial charge in [-0.05, 0) is 18.8 Å². The van der Waals surface area contributed by atoms with Gasteiger partial charge in [0.1, 0.15) is 0 Å². The zero-order valence-corrected chi connectivity index (χ0v) is 6.26. The van der Waals surface area contributed by atoms with E-state index in [2.05, 4.69) is 5.32 Å². The first kappa shape index (κ1) is 7.54. The predicted octanol–water partition coefficient (Wildman–Crippen LogP) is -0.140. The van der Waals surface area contributed by atoms with Crippen molar-refractivity contribution in [1.82, 2.24) is 5.32 Å². The van der Waals surface area contributed by atoms with Gasteiger partial charge in [-0.25, -0.2) is 0 Å². The molecule has 1 amide bonds. The predicted molar refractivity (Wildman–Crippen MR) is 39.4 cm³/mol. The largest absolute Gasteiger partial charge is 0.355 e.